The topological polar surface area (TPSA) is 85.5 Å². The van der Waals surface area contributed by atoms with Gasteiger partial charge in [0.2, 0.25) is 5.89 Å². The fourth-order valence-electron chi connectivity index (χ4n) is 3.23. The van der Waals surface area contributed by atoms with Crippen molar-refractivity contribution in [3.05, 3.63) is 59.8 Å². The summed E-state index contributed by atoms with van der Waals surface area (Å²) in [6.45, 7) is 2.52. The van der Waals surface area contributed by atoms with Crippen molar-refractivity contribution in [3.8, 4) is 0 Å². The second kappa shape index (κ2) is 7.51. The molecule has 1 aliphatic heterocycles. The molecule has 136 valence electrons. The molecule has 1 saturated heterocycles. The monoisotopic (exact) mass is 355 g/mol. The van der Waals surface area contributed by atoms with Gasteiger partial charge >= 0.3 is 17.8 Å². The number of carbonyl (C=O) groups is 2. The number of esters is 1. The van der Waals surface area contributed by atoms with Crippen LogP contribution in [0.3, 0.4) is 0 Å². The zero-order valence-electron chi connectivity index (χ0n) is 14.8. The van der Waals surface area contributed by atoms with Gasteiger partial charge in [-0.2, -0.15) is 0 Å². The Hall–Kier alpha value is -2.96. The molecule has 0 radical (unpaired) electrons. The van der Waals surface area contributed by atoms with E-state index in [2.05, 4.69) is 10.2 Å². The van der Waals surface area contributed by atoms with Crippen LogP contribution in [0.1, 0.15) is 35.5 Å². The number of carbonyl (C=O) groups excluding carboxylic acids is 2. The van der Waals surface area contributed by atoms with Gasteiger partial charge in [-0.3, -0.25) is 9.59 Å². The number of rotatable bonds is 5. The summed E-state index contributed by atoms with van der Waals surface area (Å²) in [7, 11) is 1.36. The van der Waals surface area contributed by atoms with Gasteiger partial charge in [0.05, 0.1) is 7.11 Å². The van der Waals surface area contributed by atoms with Crippen molar-refractivity contribution in [2.24, 2.45) is 0 Å². The van der Waals surface area contributed by atoms with Crippen molar-refractivity contribution in [1.82, 2.24) is 15.1 Å². The maximum absolute atomic E-state index is 12.7. The lowest BCUT2D eigenvalue weighted by Crippen LogP contribution is -2.41. The average molecular weight is 355 g/mol. The zero-order valence-corrected chi connectivity index (χ0v) is 14.8. The molecule has 7 heteroatoms. The van der Waals surface area contributed by atoms with Gasteiger partial charge in [-0.1, -0.05) is 42.5 Å². The van der Waals surface area contributed by atoms with E-state index >= 15 is 0 Å². The maximum Gasteiger partial charge on any atom is 0.318 e. The first kappa shape index (κ1) is 17.8. The molecular weight excluding hydrogens is 334 g/mol. The van der Waals surface area contributed by atoms with Gasteiger partial charge in [0.15, 0.2) is 0 Å². The Bertz CT molecular complexity index is 815. The Balaban J connectivity index is 1.82. The smallest absolute Gasteiger partial charge is 0.318 e. The minimum absolute atomic E-state index is 0.0572. The van der Waals surface area contributed by atoms with Crippen molar-refractivity contribution in [3.63, 3.8) is 0 Å². The quantitative estimate of drug-likeness (QED) is 0.603. The first-order valence-corrected chi connectivity index (χ1v) is 8.47. The molecule has 1 aliphatic rings. The summed E-state index contributed by atoms with van der Waals surface area (Å²) in [4.78, 5) is 26.8. The van der Waals surface area contributed by atoms with Crippen molar-refractivity contribution >= 4 is 11.9 Å². The summed E-state index contributed by atoms with van der Waals surface area (Å²) in [6, 6.07) is 9.39. The Kier molecular flexibility index (Phi) is 5.16. The third-order valence-corrected chi connectivity index (χ3v) is 4.64. The second-order valence-electron chi connectivity index (χ2n) is 6.19. The van der Waals surface area contributed by atoms with Crippen LogP contribution in [0, 0.1) is 0 Å². The molecule has 1 atom stereocenters. The van der Waals surface area contributed by atoms with E-state index in [9.17, 15) is 9.59 Å². The minimum Gasteiger partial charge on any atom is -0.468 e. The SMILES string of the molecule is C/C=C/Cc1nnc(C(=O)N2CCC(C(=O)OC)(c3ccccc3)C2)o1. The molecule has 3 rings (SSSR count). The first-order chi connectivity index (χ1) is 12.6. The van der Waals surface area contributed by atoms with Crippen LogP contribution >= 0.6 is 0 Å². The average Bonchev–Trinajstić information content (AvgIpc) is 3.34. The summed E-state index contributed by atoms with van der Waals surface area (Å²) < 4.78 is 10.5. The molecule has 1 unspecified atom stereocenters. The largest absolute Gasteiger partial charge is 0.468 e. The molecule has 1 amide bonds. The van der Waals surface area contributed by atoms with Crippen LogP contribution in [-0.2, 0) is 21.4 Å². The van der Waals surface area contributed by atoms with E-state index in [1.165, 1.54) is 7.11 Å². The van der Waals surface area contributed by atoms with Gasteiger partial charge in [-0.05, 0) is 18.9 Å². The highest BCUT2D eigenvalue weighted by molar-refractivity contribution is 5.92. The summed E-state index contributed by atoms with van der Waals surface area (Å²) in [6.07, 6.45) is 4.70. The van der Waals surface area contributed by atoms with Gasteiger partial charge in [-0.15, -0.1) is 10.2 Å². The number of nitrogens with zero attached hydrogens (tertiary/aromatic N) is 3. The van der Waals surface area contributed by atoms with E-state index in [0.29, 0.717) is 25.3 Å². The Morgan fingerprint density at radius 1 is 1.31 bits per heavy atom. The van der Waals surface area contributed by atoms with Crippen LogP contribution in [0.5, 0.6) is 0 Å². The highest BCUT2D eigenvalue weighted by Gasteiger charge is 2.49. The van der Waals surface area contributed by atoms with Crippen LogP contribution < -0.4 is 0 Å². The van der Waals surface area contributed by atoms with E-state index in [4.69, 9.17) is 9.15 Å². The number of aromatic nitrogens is 2. The predicted octanol–water partition coefficient (Wildman–Crippen LogP) is 2.15. The Labute approximate surface area is 151 Å². The molecule has 7 nitrogen and oxygen atoms in total. The van der Waals surface area contributed by atoms with Gasteiger partial charge in [0, 0.05) is 19.5 Å². The number of hydrogen-bond acceptors (Lipinski definition) is 6. The molecule has 1 aromatic heterocycles. The molecular formula is C19H21N3O4. The first-order valence-electron chi connectivity index (χ1n) is 8.47. The molecule has 0 bridgehead atoms. The molecule has 0 spiro atoms. The van der Waals surface area contributed by atoms with Gasteiger partial charge in [0.25, 0.3) is 0 Å². The molecule has 0 N–H and O–H groups in total. The molecule has 2 aromatic rings. The van der Waals surface area contributed by atoms with E-state index in [1.807, 2.05) is 49.4 Å². The predicted molar refractivity (Wildman–Crippen MR) is 93.5 cm³/mol. The van der Waals surface area contributed by atoms with Gasteiger partial charge < -0.3 is 14.1 Å². The number of ether oxygens (including phenoxy) is 1. The molecule has 2 heterocycles. The third-order valence-electron chi connectivity index (χ3n) is 4.64. The normalized spacial score (nSPS) is 19.8. The highest BCUT2D eigenvalue weighted by atomic mass is 16.5. The van der Waals surface area contributed by atoms with Gasteiger partial charge in [-0.25, -0.2) is 0 Å². The minimum atomic E-state index is -0.876. The van der Waals surface area contributed by atoms with E-state index < -0.39 is 5.41 Å². The summed E-state index contributed by atoms with van der Waals surface area (Å²) in [5.74, 6) is -0.393. The van der Waals surface area contributed by atoms with Crippen molar-refractivity contribution in [1.29, 1.82) is 0 Å². The second-order valence-corrected chi connectivity index (χ2v) is 6.19. The molecule has 1 fully saturated rings. The van der Waals surface area contributed by atoms with E-state index in [1.54, 1.807) is 4.90 Å². The van der Waals surface area contributed by atoms with Crippen LogP contribution in [0.25, 0.3) is 0 Å². The lowest BCUT2D eigenvalue weighted by atomic mass is 9.79. The standard InChI is InChI=1S/C19H21N3O4/c1-3-4-10-15-20-21-16(26-15)17(23)22-12-11-19(13-22,18(24)25-2)14-8-6-5-7-9-14/h3-9H,10-13H2,1-2H3/b4-3+. The summed E-state index contributed by atoms with van der Waals surface area (Å²) in [5.41, 5.74) is -0.0408. The van der Waals surface area contributed by atoms with Crippen molar-refractivity contribution < 1.29 is 18.7 Å². The molecule has 1 aromatic carbocycles. The van der Waals surface area contributed by atoms with E-state index in [-0.39, 0.29) is 24.3 Å². The lowest BCUT2D eigenvalue weighted by Gasteiger charge is -2.26. The number of hydrogen-bond donors (Lipinski definition) is 0. The van der Waals surface area contributed by atoms with E-state index in [0.717, 1.165) is 5.56 Å². The third kappa shape index (κ3) is 3.24. The fraction of sp³-hybridized carbons (Fsp3) is 0.368. The van der Waals surface area contributed by atoms with Crippen LogP contribution in [-0.4, -0.2) is 47.2 Å². The molecule has 0 aliphatic carbocycles. The molecule has 26 heavy (non-hydrogen) atoms. The molecule has 0 saturated carbocycles. The van der Waals surface area contributed by atoms with Crippen molar-refractivity contribution in [2.45, 2.75) is 25.2 Å². The Morgan fingerprint density at radius 3 is 2.77 bits per heavy atom. The Morgan fingerprint density at radius 2 is 2.08 bits per heavy atom. The summed E-state index contributed by atoms with van der Waals surface area (Å²) >= 11 is 0. The van der Waals surface area contributed by atoms with Gasteiger partial charge in [0.1, 0.15) is 5.41 Å². The van der Waals surface area contributed by atoms with Crippen LogP contribution in [0.15, 0.2) is 46.9 Å². The fourth-order valence-corrected chi connectivity index (χ4v) is 3.23. The van der Waals surface area contributed by atoms with Crippen LogP contribution in [0.2, 0.25) is 0 Å². The highest BCUT2D eigenvalue weighted by Crippen LogP contribution is 2.36. The van der Waals surface area contributed by atoms with Crippen LogP contribution in [0.4, 0.5) is 0 Å². The number of amides is 1. The number of methoxy groups -OCH3 is 1. The van der Waals surface area contributed by atoms with Crippen molar-refractivity contribution in [2.75, 3.05) is 20.2 Å². The number of likely N-dealkylation sites (tertiary alicyclic amines) is 1. The number of allylic oxidation sites excluding steroid dienone is 2. The maximum atomic E-state index is 12.7. The lowest BCUT2D eigenvalue weighted by molar-refractivity contribution is -0.147. The summed E-state index contributed by atoms with van der Waals surface area (Å²) in [5, 5.41) is 7.73. The zero-order chi connectivity index (χ0) is 18.6. The number of benzene rings is 1.